The van der Waals surface area contributed by atoms with Gasteiger partial charge in [0.15, 0.2) is 0 Å². The van der Waals surface area contributed by atoms with E-state index >= 15 is 0 Å². The molecule has 0 saturated heterocycles. The maximum Gasteiger partial charge on any atom is 0.330 e. The zero-order valence-corrected chi connectivity index (χ0v) is 13.0. The molecule has 0 fully saturated rings. The number of ether oxygens (including phenoxy) is 4. The van der Waals surface area contributed by atoms with Crippen LogP contribution in [0, 0.1) is 0 Å². The molecule has 0 aliphatic carbocycles. The molecular weight excluding hydrogens is 284 g/mol. The molecule has 1 aromatic carbocycles. The molecule has 0 atom stereocenters. The second kappa shape index (κ2) is 11.7. The summed E-state index contributed by atoms with van der Waals surface area (Å²) in [5.41, 5.74) is 1.92. The van der Waals surface area contributed by atoms with Crippen molar-refractivity contribution in [1.29, 1.82) is 0 Å². The summed E-state index contributed by atoms with van der Waals surface area (Å²) in [4.78, 5) is 11.2. The largest absolute Gasteiger partial charge is 0.466 e. The van der Waals surface area contributed by atoms with Crippen molar-refractivity contribution in [3.8, 4) is 0 Å². The van der Waals surface area contributed by atoms with Gasteiger partial charge in [-0.2, -0.15) is 0 Å². The summed E-state index contributed by atoms with van der Waals surface area (Å²) in [6.45, 7) is 1.47. The number of carbonyl (C=O) groups excluding carboxylic acids is 1. The number of hydrogen-bond acceptors (Lipinski definition) is 5. The van der Waals surface area contributed by atoms with Gasteiger partial charge in [0, 0.05) is 13.2 Å². The van der Waals surface area contributed by atoms with Crippen LogP contribution in [0.1, 0.15) is 5.56 Å². The van der Waals surface area contributed by atoms with Gasteiger partial charge in [-0.1, -0.05) is 36.4 Å². The Bertz CT molecular complexity index is 479. The number of esters is 1. The summed E-state index contributed by atoms with van der Waals surface area (Å²) < 4.78 is 20.2. The van der Waals surface area contributed by atoms with Crippen LogP contribution in [-0.2, 0) is 30.3 Å². The Labute approximate surface area is 131 Å². The third-order valence-corrected chi connectivity index (χ3v) is 2.68. The van der Waals surface area contributed by atoms with Gasteiger partial charge in [-0.3, -0.25) is 0 Å². The molecule has 0 bridgehead atoms. The molecule has 0 amide bonds. The number of hydrogen-bond donors (Lipinski definition) is 0. The number of methoxy groups -OCH3 is 2. The van der Waals surface area contributed by atoms with Crippen LogP contribution in [0.4, 0.5) is 0 Å². The normalized spacial score (nSPS) is 11.8. The highest BCUT2D eigenvalue weighted by Crippen LogP contribution is 2.04. The van der Waals surface area contributed by atoms with Crippen LogP contribution >= 0.6 is 0 Å². The van der Waals surface area contributed by atoms with E-state index in [0.29, 0.717) is 19.8 Å². The molecule has 0 aliphatic heterocycles. The standard InChI is InChI=1S/C17H22O5/c1-19-14-21-11-10-16(8-9-17(18)20-2)13-22-12-15-6-4-3-5-7-15/h3-10H,11-14H2,1-2H3/b9-8+,16-10+. The van der Waals surface area contributed by atoms with Crippen LogP contribution in [-0.4, -0.2) is 40.2 Å². The Kier molecular flexibility index (Phi) is 9.61. The van der Waals surface area contributed by atoms with Crippen molar-refractivity contribution in [3.05, 3.63) is 59.7 Å². The lowest BCUT2D eigenvalue weighted by Gasteiger charge is -2.06. The van der Waals surface area contributed by atoms with E-state index in [1.54, 1.807) is 13.2 Å². The van der Waals surface area contributed by atoms with E-state index in [4.69, 9.17) is 14.2 Å². The molecular formula is C17H22O5. The van der Waals surface area contributed by atoms with Crippen LogP contribution in [0.15, 0.2) is 54.1 Å². The van der Waals surface area contributed by atoms with Crippen molar-refractivity contribution in [2.75, 3.05) is 34.2 Å². The molecule has 0 N–H and O–H groups in total. The lowest BCUT2D eigenvalue weighted by molar-refractivity contribution is -0.134. The number of rotatable bonds is 10. The van der Waals surface area contributed by atoms with Gasteiger partial charge in [-0.05, 0) is 17.2 Å². The summed E-state index contributed by atoms with van der Waals surface area (Å²) in [6.07, 6.45) is 4.85. The van der Waals surface area contributed by atoms with Crippen molar-refractivity contribution in [1.82, 2.24) is 0 Å². The van der Waals surface area contributed by atoms with Crippen LogP contribution in [0.25, 0.3) is 0 Å². The predicted octanol–water partition coefficient (Wildman–Crippen LogP) is 2.48. The van der Waals surface area contributed by atoms with E-state index in [0.717, 1.165) is 11.1 Å². The van der Waals surface area contributed by atoms with Crippen molar-refractivity contribution in [2.45, 2.75) is 6.61 Å². The Morgan fingerprint density at radius 2 is 1.86 bits per heavy atom. The van der Waals surface area contributed by atoms with Crippen molar-refractivity contribution in [2.24, 2.45) is 0 Å². The molecule has 1 aromatic rings. The van der Waals surface area contributed by atoms with Gasteiger partial charge >= 0.3 is 5.97 Å². The highest BCUT2D eigenvalue weighted by atomic mass is 16.7. The summed E-state index contributed by atoms with van der Waals surface area (Å²) >= 11 is 0. The minimum absolute atomic E-state index is 0.218. The second-order valence-electron chi connectivity index (χ2n) is 4.39. The summed E-state index contributed by atoms with van der Waals surface area (Å²) in [7, 11) is 2.90. The quantitative estimate of drug-likeness (QED) is 0.218. The monoisotopic (exact) mass is 306 g/mol. The Morgan fingerprint density at radius 3 is 2.55 bits per heavy atom. The van der Waals surface area contributed by atoms with Gasteiger partial charge in [0.05, 0.1) is 26.9 Å². The van der Waals surface area contributed by atoms with Crippen LogP contribution < -0.4 is 0 Å². The van der Waals surface area contributed by atoms with Crippen molar-refractivity contribution < 1.29 is 23.7 Å². The molecule has 0 aliphatic rings. The van der Waals surface area contributed by atoms with Gasteiger partial charge in [-0.25, -0.2) is 4.79 Å². The van der Waals surface area contributed by atoms with Crippen molar-refractivity contribution in [3.63, 3.8) is 0 Å². The van der Waals surface area contributed by atoms with Gasteiger partial charge in [0.1, 0.15) is 6.79 Å². The maximum absolute atomic E-state index is 11.2. The molecule has 0 spiro atoms. The fourth-order valence-corrected chi connectivity index (χ4v) is 1.58. The van der Waals surface area contributed by atoms with Crippen LogP contribution in [0.2, 0.25) is 0 Å². The fourth-order valence-electron chi connectivity index (χ4n) is 1.58. The average Bonchev–Trinajstić information content (AvgIpc) is 2.56. The lowest BCUT2D eigenvalue weighted by Crippen LogP contribution is -2.02. The summed E-state index contributed by atoms with van der Waals surface area (Å²) in [5, 5.41) is 0. The number of benzene rings is 1. The van der Waals surface area contributed by atoms with Gasteiger partial charge in [0.25, 0.3) is 0 Å². The first-order valence-corrected chi connectivity index (χ1v) is 6.89. The van der Waals surface area contributed by atoms with Crippen LogP contribution in [0.5, 0.6) is 0 Å². The molecule has 1 rings (SSSR count). The van der Waals surface area contributed by atoms with Gasteiger partial charge < -0.3 is 18.9 Å². The molecule has 5 nitrogen and oxygen atoms in total. The smallest absolute Gasteiger partial charge is 0.330 e. The zero-order valence-electron chi connectivity index (χ0n) is 13.0. The Morgan fingerprint density at radius 1 is 1.09 bits per heavy atom. The lowest BCUT2D eigenvalue weighted by atomic mass is 10.2. The molecule has 0 heterocycles. The second-order valence-corrected chi connectivity index (χ2v) is 4.39. The molecule has 5 heteroatoms. The van der Waals surface area contributed by atoms with Crippen LogP contribution in [0.3, 0.4) is 0 Å². The van der Waals surface area contributed by atoms with Gasteiger partial charge in [-0.15, -0.1) is 0 Å². The molecule has 0 unspecified atom stereocenters. The van der Waals surface area contributed by atoms with E-state index in [9.17, 15) is 4.79 Å². The van der Waals surface area contributed by atoms with E-state index in [1.807, 2.05) is 36.4 Å². The average molecular weight is 306 g/mol. The molecule has 0 radical (unpaired) electrons. The summed E-state index contributed by atoms with van der Waals surface area (Å²) in [6, 6.07) is 9.88. The third-order valence-electron chi connectivity index (χ3n) is 2.68. The first-order valence-electron chi connectivity index (χ1n) is 6.89. The molecule has 22 heavy (non-hydrogen) atoms. The Balaban J connectivity index is 2.49. The third kappa shape index (κ3) is 8.36. The molecule has 0 saturated carbocycles. The van der Waals surface area contributed by atoms with Crippen molar-refractivity contribution >= 4 is 5.97 Å². The minimum atomic E-state index is -0.410. The predicted molar refractivity (Wildman–Crippen MR) is 83.2 cm³/mol. The first-order chi connectivity index (χ1) is 10.8. The SMILES string of the molecule is COCOC/C=C(\C=C\C(=O)OC)COCc1ccccc1. The van der Waals surface area contributed by atoms with E-state index < -0.39 is 5.97 Å². The zero-order chi connectivity index (χ0) is 16.0. The van der Waals surface area contributed by atoms with Gasteiger partial charge in [0.2, 0.25) is 0 Å². The Hall–Kier alpha value is -1.95. The minimum Gasteiger partial charge on any atom is -0.466 e. The fraction of sp³-hybridized carbons (Fsp3) is 0.353. The topological polar surface area (TPSA) is 54.0 Å². The first kappa shape index (κ1) is 18.1. The van der Waals surface area contributed by atoms with E-state index in [1.165, 1.54) is 13.2 Å². The molecule has 0 aromatic heterocycles. The highest BCUT2D eigenvalue weighted by Gasteiger charge is 1.98. The molecule has 120 valence electrons. The summed E-state index contributed by atoms with van der Waals surface area (Å²) in [5.74, 6) is -0.410. The van der Waals surface area contributed by atoms with E-state index in [2.05, 4.69) is 4.74 Å². The number of carbonyl (C=O) groups is 1. The maximum atomic E-state index is 11.2. The van der Waals surface area contributed by atoms with E-state index in [-0.39, 0.29) is 6.79 Å². The highest BCUT2D eigenvalue weighted by molar-refractivity contribution is 5.82.